The summed E-state index contributed by atoms with van der Waals surface area (Å²) >= 11 is 0. The Labute approximate surface area is 90.5 Å². The van der Waals surface area contributed by atoms with Crippen molar-refractivity contribution in [3.63, 3.8) is 0 Å². The van der Waals surface area contributed by atoms with Gasteiger partial charge in [0.15, 0.2) is 0 Å². The smallest absolute Gasteiger partial charge is 0.235 e. The first-order chi connectivity index (χ1) is 7.07. The highest BCUT2D eigenvalue weighted by atomic mass is 16.2. The van der Waals surface area contributed by atoms with Gasteiger partial charge in [0, 0.05) is 6.54 Å². The molecule has 2 amide bonds. The van der Waals surface area contributed by atoms with E-state index in [-0.39, 0.29) is 23.7 Å². The highest BCUT2D eigenvalue weighted by molar-refractivity contribution is 5.98. The van der Waals surface area contributed by atoms with Gasteiger partial charge in [0.05, 0.1) is 11.8 Å². The van der Waals surface area contributed by atoms with Gasteiger partial charge in [0.1, 0.15) is 0 Å². The maximum atomic E-state index is 11.9. The molecule has 0 aromatic heterocycles. The van der Waals surface area contributed by atoms with Crippen molar-refractivity contribution < 1.29 is 9.59 Å². The van der Waals surface area contributed by atoms with Gasteiger partial charge in [-0.3, -0.25) is 14.5 Å². The monoisotopic (exact) mass is 207 g/mol. The molecule has 3 heteroatoms. The first-order valence-corrected chi connectivity index (χ1v) is 5.28. The van der Waals surface area contributed by atoms with Crippen molar-refractivity contribution in [1.82, 2.24) is 4.90 Å². The van der Waals surface area contributed by atoms with E-state index in [1.165, 1.54) is 4.90 Å². The van der Waals surface area contributed by atoms with E-state index in [2.05, 4.69) is 0 Å². The second-order valence-corrected chi connectivity index (χ2v) is 3.77. The van der Waals surface area contributed by atoms with E-state index in [0.29, 0.717) is 6.54 Å². The summed E-state index contributed by atoms with van der Waals surface area (Å²) in [4.78, 5) is 25.1. The fourth-order valence-corrected chi connectivity index (χ4v) is 1.54. The quantitative estimate of drug-likeness (QED) is 0.614. The molecule has 1 aliphatic heterocycles. The van der Waals surface area contributed by atoms with Crippen LogP contribution in [0.15, 0.2) is 24.3 Å². The van der Waals surface area contributed by atoms with Crippen LogP contribution in [0.4, 0.5) is 0 Å². The van der Waals surface area contributed by atoms with Gasteiger partial charge < -0.3 is 0 Å². The Morgan fingerprint density at radius 1 is 1.07 bits per heavy atom. The van der Waals surface area contributed by atoms with Gasteiger partial charge in [-0.1, -0.05) is 38.2 Å². The highest BCUT2D eigenvalue weighted by Crippen LogP contribution is 2.12. The summed E-state index contributed by atoms with van der Waals surface area (Å²) in [6.45, 7) is 5.87. The molecule has 1 aliphatic rings. The van der Waals surface area contributed by atoms with Crippen molar-refractivity contribution in [3.8, 4) is 0 Å². The maximum absolute atomic E-state index is 11.9. The fraction of sp³-hybridized carbons (Fsp3) is 0.500. The number of hydrogen-bond donors (Lipinski definition) is 0. The Morgan fingerprint density at radius 2 is 1.47 bits per heavy atom. The van der Waals surface area contributed by atoms with Crippen molar-refractivity contribution in [3.05, 3.63) is 24.3 Å². The summed E-state index contributed by atoms with van der Waals surface area (Å²) < 4.78 is 0. The topological polar surface area (TPSA) is 37.4 Å². The molecule has 0 radical (unpaired) electrons. The number of amides is 2. The second kappa shape index (κ2) is 4.91. The Bertz CT molecular complexity index is 288. The fourth-order valence-electron chi connectivity index (χ4n) is 1.54. The molecule has 0 saturated carbocycles. The van der Waals surface area contributed by atoms with E-state index in [1.807, 2.05) is 31.2 Å². The molecule has 0 fully saturated rings. The molecule has 0 spiro atoms. The van der Waals surface area contributed by atoms with Gasteiger partial charge in [-0.05, 0) is 6.92 Å². The second-order valence-electron chi connectivity index (χ2n) is 3.77. The number of allylic oxidation sites excluding steroid dienone is 2. The third-order valence-corrected chi connectivity index (χ3v) is 2.54. The normalized spacial score (nSPS) is 31.8. The van der Waals surface area contributed by atoms with Crippen LogP contribution in [0.2, 0.25) is 0 Å². The molecular weight excluding hydrogens is 190 g/mol. The van der Waals surface area contributed by atoms with E-state index in [4.69, 9.17) is 0 Å². The SMILES string of the molecule is CCN1C(=O)C(C)/C=C\C=C/C(C)C1=O. The van der Waals surface area contributed by atoms with Gasteiger partial charge in [0.2, 0.25) is 11.8 Å². The van der Waals surface area contributed by atoms with Crippen LogP contribution in [-0.4, -0.2) is 23.3 Å². The Kier molecular flexibility index (Phi) is 3.83. The average Bonchev–Trinajstić information content (AvgIpc) is 2.26. The predicted molar refractivity (Wildman–Crippen MR) is 59.0 cm³/mol. The molecule has 82 valence electrons. The lowest BCUT2D eigenvalue weighted by molar-refractivity contribution is -0.147. The van der Waals surface area contributed by atoms with Crippen molar-refractivity contribution in [2.45, 2.75) is 20.8 Å². The van der Waals surface area contributed by atoms with E-state index in [0.717, 1.165) is 0 Å². The molecule has 0 saturated heterocycles. The standard InChI is InChI=1S/C12H17NO2/c1-4-13-11(14)9(2)7-5-6-8-10(3)12(13)15/h5-10H,4H2,1-3H3/b7-5-,8-6-. The number of imide groups is 1. The molecular formula is C12H17NO2. The van der Waals surface area contributed by atoms with Crippen molar-refractivity contribution in [2.75, 3.05) is 6.54 Å². The summed E-state index contributed by atoms with van der Waals surface area (Å²) in [5, 5.41) is 0. The van der Waals surface area contributed by atoms with Gasteiger partial charge in [-0.15, -0.1) is 0 Å². The molecule has 0 N–H and O–H groups in total. The molecule has 0 aliphatic carbocycles. The van der Waals surface area contributed by atoms with E-state index >= 15 is 0 Å². The molecule has 1 rings (SSSR count). The van der Waals surface area contributed by atoms with Crippen LogP contribution in [0.25, 0.3) is 0 Å². The van der Waals surface area contributed by atoms with Crippen molar-refractivity contribution in [1.29, 1.82) is 0 Å². The molecule has 1 heterocycles. The van der Waals surface area contributed by atoms with E-state index in [9.17, 15) is 9.59 Å². The Balaban J connectivity index is 3.01. The molecule has 0 aromatic rings. The number of nitrogens with zero attached hydrogens (tertiary/aromatic N) is 1. The zero-order valence-electron chi connectivity index (χ0n) is 9.43. The molecule has 15 heavy (non-hydrogen) atoms. The summed E-state index contributed by atoms with van der Waals surface area (Å²) in [5.74, 6) is -0.698. The van der Waals surface area contributed by atoms with Crippen LogP contribution < -0.4 is 0 Å². The lowest BCUT2D eigenvalue weighted by Gasteiger charge is -2.22. The van der Waals surface area contributed by atoms with Gasteiger partial charge in [0.25, 0.3) is 0 Å². The van der Waals surface area contributed by atoms with Crippen LogP contribution in [0.5, 0.6) is 0 Å². The molecule has 2 unspecified atom stereocenters. The number of rotatable bonds is 1. The Morgan fingerprint density at radius 3 is 1.80 bits per heavy atom. The molecule has 0 aromatic carbocycles. The first kappa shape index (κ1) is 11.7. The maximum Gasteiger partial charge on any atom is 0.235 e. The van der Waals surface area contributed by atoms with Crippen molar-refractivity contribution >= 4 is 11.8 Å². The predicted octanol–water partition coefficient (Wildman–Crippen LogP) is 1.76. The minimum Gasteiger partial charge on any atom is -0.282 e. The Hall–Kier alpha value is -1.38. The van der Waals surface area contributed by atoms with Crippen LogP contribution >= 0.6 is 0 Å². The van der Waals surface area contributed by atoms with Crippen LogP contribution in [0.3, 0.4) is 0 Å². The highest BCUT2D eigenvalue weighted by Gasteiger charge is 2.26. The van der Waals surface area contributed by atoms with Gasteiger partial charge in [-0.2, -0.15) is 0 Å². The van der Waals surface area contributed by atoms with Crippen LogP contribution in [0.1, 0.15) is 20.8 Å². The third kappa shape index (κ3) is 2.55. The average molecular weight is 207 g/mol. The zero-order valence-corrected chi connectivity index (χ0v) is 9.43. The first-order valence-electron chi connectivity index (χ1n) is 5.28. The minimum absolute atomic E-state index is 0.116. The summed E-state index contributed by atoms with van der Waals surface area (Å²) in [6.07, 6.45) is 7.27. The van der Waals surface area contributed by atoms with Gasteiger partial charge in [-0.25, -0.2) is 0 Å². The van der Waals surface area contributed by atoms with Crippen LogP contribution in [-0.2, 0) is 9.59 Å². The van der Waals surface area contributed by atoms with Crippen LogP contribution in [0, 0.1) is 11.8 Å². The van der Waals surface area contributed by atoms with Gasteiger partial charge >= 0.3 is 0 Å². The lowest BCUT2D eigenvalue weighted by Crippen LogP contribution is -2.41. The molecule has 2 atom stereocenters. The summed E-state index contributed by atoms with van der Waals surface area (Å²) in [6, 6.07) is 0. The summed E-state index contributed by atoms with van der Waals surface area (Å²) in [5.41, 5.74) is 0. The molecule has 3 nitrogen and oxygen atoms in total. The third-order valence-electron chi connectivity index (χ3n) is 2.54. The number of carbonyl (C=O) groups excluding carboxylic acids is 2. The summed E-state index contributed by atoms with van der Waals surface area (Å²) in [7, 11) is 0. The van der Waals surface area contributed by atoms with Crippen molar-refractivity contribution in [2.24, 2.45) is 11.8 Å². The number of carbonyl (C=O) groups is 2. The lowest BCUT2D eigenvalue weighted by atomic mass is 10.1. The largest absolute Gasteiger partial charge is 0.282 e. The number of hydrogen-bond acceptors (Lipinski definition) is 2. The minimum atomic E-state index is -0.233. The van der Waals surface area contributed by atoms with E-state index in [1.54, 1.807) is 13.8 Å². The van der Waals surface area contributed by atoms with E-state index < -0.39 is 0 Å². The zero-order chi connectivity index (χ0) is 11.4. The molecule has 0 bridgehead atoms.